The standard InChI is InChI=1S/C13H17N3O3S/c14-20(17,18)10-4-7-13-15-12(16-19-13)9-8-11-5-2-1-3-6-11/h1-3,5-6H,4,7-10H2,(H2,14,17,18). The van der Waals surface area contributed by atoms with Crippen molar-refractivity contribution in [1.29, 1.82) is 0 Å². The van der Waals surface area contributed by atoms with Gasteiger partial charge in [0.05, 0.1) is 5.75 Å². The molecule has 6 nitrogen and oxygen atoms in total. The lowest BCUT2D eigenvalue weighted by Crippen LogP contribution is -2.16. The van der Waals surface area contributed by atoms with Crippen molar-refractivity contribution in [3.05, 3.63) is 47.6 Å². The van der Waals surface area contributed by atoms with Gasteiger partial charge in [0.15, 0.2) is 5.82 Å². The molecule has 7 heteroatoms. The van der Waals surface area contributed by atoms with Crippen LogP contribution in [-0.2, 0) is 29.3 Å². The molecule has 1 aromatic carbocycles. The fourth-order valence-corrected chi connectivity index (χ4v) is 2.37. The van der Waals surface area contributed by atoms with Crippen LogP contribution in [0.3, 0.4) is 0 Å². The number of nitrogens with zero attached hydrogens (tertiary/aromatic N) is 2. The van der Waals surface area contributed by atoms with Gasteiger partial charge in [-0.1, -0.05) is 35.5 Å². The van der Waals surface area contributed by atoms with Crippen molar-refractivity contribution in [2.75, 3.05) is 5.75 Å². The summed E-state index contributed by atoms with van der Waals surface area (Å²) in [6.07, 6.45) is 2.35. The van der Waals surface area contributed by atoms with Gasteiger partial charge >= 0.3 is 0 Å². The van der Waals surface area contributed by atoms with Gasteiger partial charge in [0.1, 0.15) is 0 Å². The van der Waals surface area contributed by atoms with Crippen LogP contribution in [0.4, 0.5) is 0 Å². The maximum Gasteiger partial charge on any atom is 0.226 e. The molecule has 0 saturated heterocycles. The van der Waals surface area contributed by atoms with E-state index in [4.69, 9.17) is 9.66 Å². The fourth-order valence-electron chi connectivity index (χ4n) is 1.82. The molecule has 0 unspecified atom stereocenters. The third-order valence-electron chi connectivity index (χ3n) is 2.81. The summed E-state index contributed by atoms with van der Waals surface area (Å²) in [6.45, 7) is 0. The van der Waals surface area contributed by atoms with E-state index in [0.29, 0.717) is 31.0 Å². The van der Waals surface area contributed by atoms with Gasteiger partial charge in [-0.25, -0.2) is 13.6 Å². The number of benzene rings is 1. The van der Waals surface area contributed by atoms with Crippen LogP contribution in [0.1, 0.15) is 23.7 Å². The summed E-state index contributed by atoms with van der Waals surface area (Å²) in [5.74, 6) is 1.02. The Morgan fingerprint density at radius 3 is 2.55 bits per heavy atom. The normalized spacial score (nSPS) is 11.7. The summed E-state index contributed by atoms with van der Waals surface area (Å²) in [6, 6.07) is 10.1. The van der Waals surface area contributed by atoms with E-state index in [-0.39, 0.29) is 5.75 Å². The lowest BCUT2D eigenvalue weighted by atomic mass is 10.1. The maximum absolute atomic E-state index is 10.8. The van der Waals surface area contributed by atoms with Crippen molar-refractivity contribution in [3.63, 3.8) is 0 Å². The predicted molar refractivity (Wildman–Crippen MR) is 74.4 cm³/mol. The van der Waals surface area contributed by atoms with Gasteiger partial charge in [-0.05, 0) is 18.4 Å². The summed E-state index contributed by atoms with van der Waals surface area (Å²) < 4.78 is 26.7. The molecule has 2 N–H and O–H groups in total. The van der Waals surface area contributed by atoms with E-state index >= 15 is 0 Å². The molecule has 0 amide bonds. The van der Waals surface area contributed by atoms with Crippen molar-refractivity contribution >= 4 is 10.0 Å². The average Bonchev–Trinajstić information content (AvgIpc) is 2.84. The minimum absolute atomic E-state index is 0.0747. The topological polar surface area (TPSA) is 99.1 Å². The molecule has 1 aromatic heterocycles. The van der Waals surface area contributed by atoms with Crippen LogP contribution in [0.5, 0.6) is 0 Å². The smallest absolute Gasteiger partial charge is 0.226 e. The second kappa shape index (κ2) is 6.62. The molecule has 1 heterocycles. The maximum atomic E-state index is 10.8. The first-order valence-corrected chi connectivity index (χ1v) is 8.10. The first-order valence-electron chi connectivity index (χ1n) is 6.39. The zero-order valence-corrected chi connectivity index (χ0v) is 11.8. The van der Waals surface area contributed by atoms with Crippen molar-refractivity contribution < 1.29 is 12.9 Å². The Bertz CT molecular complexity index is 638. The predicted octanol–water partition coefficient (Wildman–Crippen LogP) is 1.08. The van der Waals surface area contributed by atoms with E-state index in [0.717, 1.165) is 6.42 Å². The van der Waals surface area contributed by atoms with Crippen LogP contribution in [0.25, 0.3) is 0 Å². The third kappa shape index (κ3) is 5.10. The van der Waals surface area contributed by atoms with Gasteiger partial charge in [0.25, 0.3) is 0 Å². The Balaban J connectivity index is 1.80. The molecule has 2 aromatic rings. The van der Waals surface area contributed by atoms with Crippen LogP contribution in [0, 0.1) is 0 Å². The second-order valence-electron chi connectivity index (χ2n) is 4.56. The SMILES string of the molecule is NS(=O)(=O)CCCc1nc(CCc2ccccc2)no1. The van der Waals surface area contributed by atoms with Crippen molar-refractivity contribution in [3.8, 4) is 0 Å². The van der Waals surface area contributed by atoms with E-state index in [1.807, 2.05) is 30.3 Å². The van der Waals surface area contributed by atoms with Crippen molar-refractivity contribution in [2.24, 2.45) is 5.14 Å². The lowest BCUT2D eigenvalue weighted by molar-refractivity contribution is 0.372. The minimum Gasteiger partial charge on any atom is -0.339 e. The van der Waals surface area contributed by atoms with Gasteiger partial charge in [-0.2, -0.15) is 4.98 Å². The first-order chi connectivity index (χ1) is 9.53. The number of aryl methyl sites for hydroxylation is 3. The quantitative estimate of drug-likeness (QED) is 0.824. The molecule has 0 bridgehead atoms. The van der Waals surface area contributed by atoms with E-state index < -0.39 is 10.0 Å². The molecule has 0 atom stereocenters. The molecule has 0 spiro atoms. The van der Waals surface area contributed by atoms with Gasteiger partial charge in [0.2, 0.25) is 15.9 Å². The number of aromatic nitrogens is 2. The molecule has 0 saturated carbocycles. The monoisotopic (exact) mass is 295 g/mol. The molecular formula is C13H17N3O3S. The van der Waals surface area contributed by atoms with Crippen LogP contribution < -0.4 is 5.14 Å². The zero-order chi connectivity index (χ0) is 14.4. The van der Waals surface area contributed by atoms with Crippen molar-refractivity contribution in [1.82, 2.24) is 10.1 Å². The minimum atomic E-state index is -3.42. The molecular weight excluding hydrogens is 278 g/mol. The van der Waals surface area contributed by atoms with Crippen molar-refractivity contribution in [2.45, 2.75) is 25.7 Å². The molecule has 0 radical (unpaired) electrons. The van der Waals surface area contributed by atoms with Crippen LogP contribution in [0.2, 0.25) is 0 Å². The second-order valence-corrected chi connectivity index (χ2v) is 6.29. The molecule has 108 valence electrons. The number of nitrogens with two attached hydrogens (primary N) is 1. The Labute approximate surface area is 118 Å². The molecule has 0 aliphatic carbocycles. The number of rotatable bonds is 7. The lowest BCUT2D eigenvalue weighted by Gasteiger charge is -1.96. The van der Waals surface area contributed by atoms with Gasteiger partial charge in [0, 0.05) is 12.8 Å². The number of hydrogen-bond donors (Lipinski definition) is 1. The molecule has 0 fully saturated rings. The Hall–Kier alpha value is -1.73. The third-order valence-corrected chi connectivity index (χ3v) is 3.67. The summed E-state index contributed by atoms with van der Waals surface area (Å²) in [4.78, 5) is 4.23. The molecule has 2 rings (SSSR count). The zero-order valence-electron chi connectivity index (χ0n) is 11.0. The largest absolute Gasteiger partial charge is 0.339 e. The molecule has 0 aliphatic rings. The molecule has 0 aliphatic heterocycles. The Morgan fingerprint density at radius 2 is 1.85 bits per heavy atom. The van der Waals surface area contributed by atoms with E-state index in [9.17, 15) is 8.42 Å². The Kier molecular flexibility index (Phi) is 4.86. The summed E-state index contributed by atoms with van der Waals surface area (Å²) in [5, 5.41) is 8.80. The van der Waals surface area contributed by atoms with Gasteiger partial charge < -0.3 is 4.52 Å². The highest BCUT2D eigenvalue weighted by Crippen LogP contribution is 2.06. The summed E-state index contributed by atoms with van der Waals surface area (Å²) in [7, 11) is -3.42. The fraction of sp³-hybridized carbons (Fsp3) is 0.385. The molecule has 20 heavy (non-hydrogen) atoms. The van der Waals surface area contributed by atoms with E-state index in [2.05, 4.69) is 10.1 Å². The van der Waals surface area contributed by atoms with E-state index in [1.54, 1.807) is 0 Å². The van der Waals surface area contributed by atoms with Gasteiger partial charge in [-0.3, -0.25) is 0 Å². The van der Waals surface area contributed by atoms with Crippen LogP contribution >= 0.6 is 0 Å². The average molecular weight is 295 g/mol. The number of primary sulfonamides is 1. The number of hydrogen-bond acceptors (Lipinski definition) is 5. The van der Waals surface area contributed by atoms with Crippen LogP contribution in [0.15, 0.2) is 34.9 Å². The number of sulfonamides is 1. The van der Waals surface area contributed by atoms with Crippen LogP contribution in [-0.4, -0.2) is 24.3 Å². The summed E-state index contributed by atoms with van der Waals surface area (Å²) in [5.41, 5.74) is 1.22. The highest BCUT2D eigenvalue weighted by atomic mass is 32.2. The van der Waals surface area contributed by atoms with Gasteiger partial charge in [-0.15, -0.1) is 0 Å². The highest BCUT2D eigenvalue weighted by molar-refractivity contribution is 7.89. The first kappa shape index (κ1) is 14.7. The Morgan fingerprint density at radius 1 is 1.10 bits per heavy atom. The highest BCUT2D eigenvalue weighted by Gasteiger charge is 2.08. The van der Waals surface area contributed by atoms with E-state index in [1.165, 1.54) is 5.56 Å². The summed E-state index contributed by atoms with van der Waals surface area (Å²) >= 11 is 0.